The zero-order valence-corrected chi connectivity index (χ0v) is 11.9. The van der Waals surface area contributed by atoms with Gasteiger partial charge in [0, 0.05) is 18.7 Å². The fourth-order valence-electron chi connectivity index (χ4n) is 1.89. The Morgan fingerprint density at radius 2 is 1.85 bits per heavy atom. The van der Waals surface area contributed by atoms with E-state index in [2.05, 4.69) is 35.4 Å². The maximum atomic E-state index is 8.65. The molecule has 1 aromatic heterocycles. The number of nitrogens with zero attached hydrogens (tertiary/aromatic N) is 4. The number of hydrogen-bond donors (Lipinski definition) is 1. The van der Waals surface area contributed by atoms with E-state index in [9.17, 15) is 0 Å². The van der Waals surface area contributed by atoms with Crippen LogP contribution in [0.3, 0.4) is 0 Å². The summed E-state index contributed by atoms with van der Waals surface area (Å²) in [7, 11) is 0. The number of benzene rings is 1. The lowest BCUT2D eigenvalue weighted by molar-refractivity contribution is 0.364. The highest BCUT2D eigenvalue weighted by Crippen LogP contribution is 2.23. The molecule has 0 unspecified atom stereocenters. The molecule has 5 heteroatoms. The van der Waals surface area contributed by atoms with E-state index < -0.39 is 0 Å². The minimum atomic E-state index is 0.109. The van der Waals surface area contributed by atoms with Crippen LogP contribution >= 0.6 is 0 Å². The topological polar surface area (TPSA) is 66.5 Å². The van der Waals surface area contributed by atoms with Gasteiger partial charge in [0.2, 0.25) is 0 Å². The minimum absolute atomic E-state index is 0.109. The largest absolute Gasteiger partial charge is 0.385 e. The van der Waals surface area contributed by atoms with Gasteiger partial charge in [-0.05, 0) is 36.1 Å². The summed E-state index contributed by atoms with van der Waals surface area (Å²) in [6.07, 6.45) is 4.80. The summed E-state index contributed by atoms with van der Waals surface area (Å²) in [4.78, 5) is 1.58. The quantitative estimate of drug-likeness (QED) is 0.875. The Hall–Kier alpha value is -2.35. The summed E-state index contributed by atoms with van der Waals surface area (Å²) in [5.74, 6) is 0. The fraction of sp³-hybridized carbons (Fsp3) is 0.400. The van der Waals surface area contributed by atoms with Crippen LogP contribution in [0.1, 0.15) is 26.7 Å². The third-order valence-corrected chi connectivity index (χ3v) is 3.20. The van der Waals surface area contributed by atoms with Crippen LogP contribution in [0.15, 0.2) is 36.7 Å². The van der Waals surface area contributed by atoms with E-state index in [1.807, 2.05) is 24.3 Å². The van der Waals surface area contributed by atoms with Gasteiger partial charge in [-0.2, -0.15) is 20.3 Å². The molecule has 0 saturated carbocycles. The van der Waals surface area contributed by atoms with E-state index >= 15 is 0 Å². The Kier molecular flexibility index (Phi) is 4.36. The van der Waals surface area contributed by atoms with E-state index in [0.717, 1.165) is 24.3 Å². The highest BCUT2D eigenvalue weighted by atomic mass is 15.5. The third-order valence-electron chi connectivity index (χ3n) is 3.20. The third kappa shape index (κ3) is 3.82. The molecule has 5 nitrogen and oxygen atoms in total. The SMILES string of the molecule is CC(C)(CCC#N)CNc1ccc(-n2nccn2)cc1. The Balaban J connectivity index is 1.93. The van der Waals surface area contributed by atoms with Crippen LogP contribution in [0.2, 0.25) is 0 Å². The van der Waals surface area contributed by atoms with Gasteiger partial charge in [-0.1, -0.05) is 13.8 Å². The lowest BCUT2D eigenvalue weighted by Gasteiger charge is -2.24. The van der Waals surface area contributed by atoms with Crippen molar-refractivity contribution in [1.29, 1.82) is 5.26 Å². The molecule has 1 heterocycles. The zero-order chi connectivity index (χ0) is 14.4. The van der Waals surface area contributed by atoms with E-state index in [1.165, 1.54) is 0 Å². The van der Waals surface area contributed by atoms with E-state index in [4.69, 9.17) is 5.26 Å². The first-order chi connectivity index (χ1) is 9.61. The normalized spacial score (nSPS) is 11.1. The Labute approximate surface area is 119 Å². The summed E-state index contributed by atoms with van der Waals surface area (Å²) in [5.41, 5.74) is 2.10. The first kappa shape index (κ1) is 14.1. The van der Waals surface area contributed by atoms with Gasteiger partial charge < -0.3 is 5.32 Å². The lowest BCUT2D eigenvalue weighted by atomic mass is 9.88. The Morgan fingerprint density at radius 3 is 2.45 bits per heavy atom. The molecule has 0 bridgehead atoms. The van der Waals surface area contributed by atoms with Crippen LogP contribution in [0.4, 0.5) is 5.69 Å². The molecule has 20 heavy (non-hydrogen) atoms. The van der Waals surface area contributed by atoms with Gasteiger partial charge in [-0.25, -0.2) is 0 Å². The van der Waals surface area contributed by atoms with Gasteiger partial charge in [0.15, 0.2) is 0 Å². The van der Waals surface area contributed by atoms with Crippen LogP contribution < -0.4 is 5.32 Å². The standard InChI is InChI=1S/C15H19N5/c1-15(2,8-3-9-16)12-17-13-4-6-14(7-5-13)20-18-10-11-19-20/h4-7,10-11,17H,3,8,12H2,1-2H3. The molecule has 0 spiro atoms. The summed E-state index contributed by atoms with van der Waals surface area (Å²) in [6.45, 7) is 5.17. The Bertz CT molecular complexity index is 563. The first-order valence-corrected chi connectivity index (χ1v) is 6.68. The van der Waals surface area contributed by atoms with Crippen molar-refractivity contribution in [3.63, 3.8) is 0 Å². The van der Waals surface area contributed by atoms with E-state index in [1.54, 1.807) is 17.2 Å². The van der Waals surface area contributed by atoms with E-state index in [-0.39, 0.29) is 5.41 Å². The fourth-order valence-corrected chi connectivity index (χ4v) is 1.89. The van der Waals surface area contributed by atoms with Crippen molar-refractivity contribution in [1.82, 2.24) is 15.0 Å². The number of nitrogens with one attached hydrogen (secondary N) is 1. The number of hydrogen-bond acceptors (Lipinski definition) is 4. The first-order valence-electron chi connectivity index (χ1n) is 6.68. The molecule has 0 amide bonds. The van der Waals surface area contributed by atoms with Crippen molar-refractivity contribution in [2.24, 2.45) is 5.41 Å². The summed E-state index contributed by atoms with van der Waals surface area (Å²) >= 11 is 0. The Morgan fingerprint density at radius 1 is 1.20 bits per heavy atom. The second kappa shape index (κ2) is 6.20. The van der Waals surface area contributed by atoms with Gasteiger partial charge in [0.05, 0.1) is 24.2 Å². The van der Waals surface area contributed by atoms with Gasteiger partial charge in [0.1, 0.15) is 0 Å². The van der Waals surface area contributed by atoms with Crippen LogP contribution in [-0.4, -0.2) is 21.5 Å². The smallest absolute Gasteiger partial charge is 0.0858 e. The van der Waals surface area contributed by atoms with Crippen molar-refractivity contribution >= 4 is 5.69 Å². The number of rotatable bonds is 6. The molecule has 1 aromatic carbocycles. The average molecular weight is 269 g/mol. The predicted octanol–water partition coefficient (Wildman–Crippen LogP) is 3.01. The molecule has 0 aliphatic rings. The molecule has 0 atom stereocenters. The van der Waals surface area contributed by atoms with Crippen LogP contribution in [0, 0.1) is 16.7 Å². The van der Waals surface area contributed by atoms with Crippen molar-refractivity contribution in [2.75, 3.05) is 11.9 Å². The van der Waals surface area contributed by atoms with Gasteiger partial charge >= 0.3 is 0 Å². The molecular weight excluding hydrogens is 250 g/mol. The molecule has 0 aliphatic carbocycles. The summed E-state index contributed by atoms with van der Waals surface area (Å²) < 4.78 is 0. The lowest BCUT2D eigenvalue weighted by Crippen LogP contribution is -2.22. The number of aromatic nitrogens is 3. The number of nitriles is 1. The monoisotopic (exact) mass is 269 g/mol. The molecule has 1 N–H and O–H groups in total. The molecule has 2 rings (SSSR count). The average Bonchev–Trinajstić information content (AvgIpc) is 2.98. The van der Waals surface area contributed by atoms with Crippen molar-refractivity contribution in [3.8, 4) is 11.8 Å². The molecule has 0 saturated heterocycles. The molecule has 0 fully saturated rings. The minimum Gasteiger partial charge on any atom is -0.385 e. The predicted molar refractivity (Wildman–Crippen MR) is 78.5 cm³/mol. The van der Waals surface area contributed by atoms with Crippen LogP contribution in [-0.2, 0) is 0 Å². The van der Waals surface area contributed by atoms with Gasteiger partial charge in [0.25, 0.3) is 0 Å². The molecule has 104 valence electrons. The van der Waals surface area contributed by atoms with Gasteiger partial charge in [-0.3, -0.25) is 0 Å². The highest BCUT2D eigenvalue weighted by Gasteiger charge is 2.16. The van der Waals surface area contributed by atoms with E-state index in [0.29, 0.717) is 6.42 Å². The van der Waals surface area contributed by atoms with Crippen LogP contribution in [0.25, 0.3) is 5.69 Å². The maximum Gasteiger partial charge on any atom is 0.0858 e. The molecule has 2 aromatic rings. The second-order valence-corrected chi connectivity index (χ2v) is 5.54. The second-order valence-electron chi connectivity index (χ2n) is 5.54. The van der Waals surface area contributed by atoms with Gasteiger partial charge in [-0.15, -0.1) is 0 Å². The molecule has 0 radical (unpaired) electrons. The summed E-state index contributed by atoms with van der Waals surface area (Å²) in [6, 6.07) is 10.2. The van der Waals surface area contributed by atoms with Crippen LogP contribution in [0.5, 0.6) is 0 Å². The highest BCUT2D eigenvalue weighted by molar-refractivity contribution is 5.48. The van der Waals surface area contributed by atoms with Crippen molar-refractivity contribution in [3.05, 3.63) is 36.7 Å². The molecule has 0 aliphatic heterocycles. The molecular formula is C15H19N5. The number of anilines is 1. The zero-order valence-electron chi connectivity index (χ0n) is 11.9. The van der Waals surface area contributed by atoms with Crippen molar-refractivity contribution < 1.29 is 0 Å². The summed E-state index contributed by atoms with van der Waals surface area (Å²) in [5, 5.41) is 20.2. The van der Waals surface area contributed by atoms with Crippen molar-refractivity contribution in [2.45, 2.75) is 26.7 Å². The maximum absolute atomic E-state index is 8.65.